The van der Waals surface area contributed by atoms with E-state index in [1.165, 1.54) is 6.07 Å². The van der Waals surface area contributed by atoms with Crippen molar-refractivity contribution in [1.82, 2.24) is 5.32 Å². The largest absolute Gasteiger partial charge is 0.353 e. The van der Waals surface area contributed by atoms with Crippen LogP contribution in [-0.2, 0) is 4.79 Å². The fraction of sp³-hybridized carbons (Fsp3) is 0.529. The maximum Gasteiger partial charge on any atom is 0.220 e. The molecule has 1 saturated carbocycles. The van der Waals surface area contributed by atoms with Crippen LogP contribution in [-0.4, -0.2) is 24.3 Å². The van der Waals surface area contributed by atoms with Crippen molar-refractivity contribution in [2.45, 2.75) is 44.6 Å². The highest BCUT2D eigenvalue weighted by molar-refractivity contribution is 5.97. The highest BCUT2D eigenvalue weighted by Gasteiger charge is 2.25. The van der Waals surface area contributed by atoms with E-state index in [0.29, 0.717) is 6.54 Å². The van der Waals surface area contributed by atoms with Gasteiger partial charge < -0.3 is 11.1 Å². The van der Waals surface area contributed by atoms with Crippen LogP contribution in [0.5, 0.6) is 0 Å². The minimum Gasteiger partial charge on any atom is -0.353 e. The number of ketones is 1. The lowest BCUT2D eigenvalue weighted by Gasteiger charge is -2.31. The van der Waals surface area contributed by atoms with Crippen molar-refractivity contribution in [3.05, 3.63) is 35.4 Å². The summed E-state index contributed by atoms with van der Waals surface area (Å²) in [6.07, 6.45) is 4.11. The van der Waals surface area contributed by atoms with E-state index in [1.807, 2.05) is 0 Å². The average molecular weight is 324 g/mol. The van der Waals surface area contributed by atoms with Gasteiger partial charge >= 0.3 is 0 Å². The molecule has 2 rings (SSSR count). The molecule has 4 nitrogen and oxygen atoms in total. The SMILES string of the molecule is NCC1CCCCC1NC(=O)CCC(=O)c1ccc(F)c(F)c1. The van der Waals surface area contributed by atoms with Crippen molar-refractivity contribution >= 4 is 11.7 Å². The number of carbonyl (C=O) groups excluding carboxylic acids is 2. The molecule has 3 N–H and O–H groups in total. The summed E-state index contributed by atoms with van der Waals surface area (Å²) in [7, 11) is 0. The third kappa shape index (κ3) is 4.82. The van der Waals surface area contributed by atoms with Gasteiger partial charge in [0.1, 0.15) is 0 Å². The molecule has 126 valence electrons. The predicted octanol–water partition coefficient (Wildman–Crippen LogP) is 2.56. The molecule has 0 bridgehead atoms. The number of halogens is 2. The quantitative estimate of drug-likeness (QED) is 0.790. The van der Waals surface area contributed by atoms with Gasteiger partial charge in [0.25, 0.3) is 0 Å². The Morgan fingerprint density at radius 2 is 1.87 bits per heavy atom. The van der Waals surface area contributed by atoms with Gasteiger partial charge in [-0.2, -0.15) is 0 Å². The van der Waals surface area contributed by atoms with Crippen LogP contribution in [0.25, 0.3) is 0 Å². The second-order valence-electron chi connectivity index (χ2n) is 6.01. The van der Waals surface area contributed by atoms with Gasteiger partial charge in [-0.1, -0.05) is 12.8 Å². The van der Waals surface area contributed by atoms with E-state index in [0.717, 1.165) is 37.8 Å². The van der Waals surface area contributed by atoms with Crippen molar-refractivity contribution in [1.29, 1.82) is 0 Å². The van der Waals surface area contributed by atoms with Crippen LogP contribution in [0.3, 0.4) is 0 Å². The van der Waals surface area contributed by atoms with Gasteiger partial charge in [-0.05, 0) is 43.5 Å². The summed E-state index contributed by atoms with van der Waals surface area (Å²) in [5.74, 6) is -2.35. The van der Waals surface area contributed by atoms with Crippen molar-refractivity contribution in [3.63, 3.8) is 0 Å². The molecule has 0 saturated heterocycles. The number of carbonyl (C=O) groups is 2. The smallest absolute Gasteiger partial charge is 0.220 e. The first-order valence-electron chi connectivity index (χ1n) is 7.99. The number of Topliss-reactive ketones (excluding diaryl/α,β-unsaturated/α-hetero) is 1. The third-order valence-electron chi connectivity index (χ3n) is 4.38. The number of hydrogen-bond acceptors (Lipinski definition) is 3. The standard InChI is InChI=1S/C17H22F2N2O2/c18-13-6-5-11(9-14(13)19)16(22)7-8-17(23)21-15-4-2-1-3-12(15)10-20/h5-6,9,12,15H,1-4,7-8,10,20H2,(H,21,23). The molecule has 23 heavy (non-hydrogen) atoms. The molecule has 1 aromatic carbocycles. The van der Waals surface area contributed by atoms with Crippen LogP contribution in [0.15, 0.2) is 18.2 Å². The Labute approximate surface area is 134 Å². The minimum atomic E-state index is -1.06. The summed E-state index contributed by atoms with van der Waals surface area (Å²) in [6, 6.07) is 3.07. The summed E-state index contributed by atoms with van der Waals surface area (Å²) < 4.78 is 26.0. The number of benzene rings is 1. The van der Waals surface area contributed by atoms with Crippen molar-refractivity contribution in [3.8, 4) is 0 Å². The molecule has 6 heteroatoms. The molecule has 1 aliphatic carbocycles. The molecule has 0 aliphatic heterocycles. The number of amides is 1. The maximum atomic E-state index is 13.1. The van der Waals surface area contributed by atoms with Gasteiger partial charge in [0, 0.05) is 24.4 Å². The van der Waals surface area contributed by atoms with Crippen molar-refractivity contribution in [2.75, 3.05) is 6.54 Å². The highest BCUT2D eigenvalue weighted by Crippen LogP contribution is 2.23. The van der Waals surface area contributed by atoms with E-state index in [1.54, 1.807) is 0 Å². The number of rotatable bonds is 6. The van der Waals surface area contributed by atoms with E-state index in [2.05, 4.69) is 5.32 Å². The van der Waals surface area contributed by atoms with Crippen LogP contribution < -0.4 is 11.1 Å². The van der Waals surface area contributed by atoms with Gasteiger partial charge in [-0.15, -0.1) is 0 Å². The summed E-state index contributed by atoms with van der Waals surface area (Å²) >= 11 is 0. The Kier molecular flexibility index (Phi) is 6.21. The van der Waals surface area contributed by atoms with Crippen LogP contribution in [0.1, 0.15) is 48.9 Å². The van der Waals surface area contributed by atoms with E-state index in [9.17, 15) is 18.4 Å². The zero-order valence-electron chi connectivity index (χ0n) is 13.0. The first kappa shape index (κ1) is 17.5. The maximum absolute atomic E-state index is 13.1. The molecule has 1 amide bonds. The highest BCUT2D eigenvalue weighted by atomic mass is 19.2. The normalized spacial score (nSPS) is 21.0. The van der Waals surface area contributed by atoms with E-state index < -0.39 is 11.6 Å². The Morgan fingerprint density at radius 1 is 1.13 bits per heavy atom. The number of hydrogen-bond donors (Lipinski definition) is 2. The third-order valence-corrected chi connectivity index (χ3v) is 4.38. The van der Waals surface area contributed by atoms with Gasteiger partial charge in [0.2, 0.25) is 5.91 Å². The molecule has 0 heterocycles. The molecule has 1 fully saturated rings. The van der Waals surface area contributed by atoms with Gasteiger partial charge in [-0.25, -0.2) is 8.78 Å². The van der Waals surface area contributed by atoms with Crippen molar-refractivity contribution in [2.24, 2.45) is 11.7 Å². The summed E-state index contributed by atoms with van der Waals surface area (Å²) in [5.41, 5.74) is 5.80. The molecule has 1 aromatic rings. The average Bonchev–Trinajstić information content (AvgIpc) is 2.55. The summed E-state index contributed by atoms with van der Waals surface area (Å²) in [6.45, 7) is 0.540. The second kappa shape index (κ2) is 8.15. The topological polar surface area (TPSA) is 72.2 Å². The second-order valence-corrected chi connectivity index (χ2v) is 6.01. The lowest BCUT2D eigenvalue weighted by Crippen LogP contribution is -2.44. The Hall–Kier alpha value is -1.82. The van der Waals surface area contributed by atoms with Crippen LogP contribution in [0.4, 0.5) is 8.78 Å². The van der Waals surface area contributed by atoms with Crippen molar-refractivity contribution < 1.29 is 18.4 Å². The Balaban J connectivity index is 1.83. The monoisotopic (exact) mass is 324 g/mol. The Morgan fingerprint density at radius 3 is 2.57 bits per heavy atom. The molecule has 0 aromatic heterocycles. The molecular formula is C17H22F2N2O2. The minimum absolute atomic E-state index is 0.0308. The Bertz CT molecular complexity index is 578. The van der Waals surface area contributed by atoms with E-state index >= 15 is 0 Å². The first-order valence-corrected chi connectivity index (χ1v) is 7.99. The fourth-order valence-corrected chi connectivity index (χ4v) is 3.00. The summed E-state index contributed by atoms with van der Waals surface area (Å²) in [4.78, 5) is 23.9. The number of nitrogens with one attached hydrogen (secondary N) is 1. The van der Waals surface area contributed by atoms with E-state index in [4.69, 9.17) is 5.73 Å². The predicted molar refractivity (Wildman–Crippen MR) is 82.9 cm³/mol. The van der Waals surface area contributed by atoms with Gasteiger partial charge in [0.15, 0.2) is 17.4 Å². The zero-order chi connectivity index (χ0) is 16.8. The molecule has 2 atom stereocenters. The molecule has 2 unspecified atom stereocenters. The van der Waals surface area contributed by atoms with Gasteiger partial charge in [0.05, 0.1) is 0 Å². The number of nitrogens with two attached hydrogens (primary N) is 1. The van der Waals surface area contributed by atoms with Crippen LogP contribution in [0.2, 0.25) is 0 Å². The van der Waals surface area contributed by atoms with E-state index in [-0.39, 0.29) is 42.1 Å². The molecule has 0 spiro atoms. The first-order chi connectivity index (χ1) is 11.0. The summed E-state index contributed by atoms with van der Waals surface area (Å²) in [5, 5.41) is 2.94. The zero-order valence-corrected chi connectivity index (χ0v) is 13.0. The molecule has 1 aliphatic rings. The lowest BCUT2D eigenvalue weighted by molar-refractivity contribution is -0.122. The fourth-order valence-electron chi connectivity index (χ4n) is 3.00. The van der Waals surface area contributed by atoms with Gasteiger partial charge in [-0.3, -0.25) is 9.59 Å². The van der Waals surface area contributed by atoms with Crippen LogP contribution >= 0.6 is 0 Å². The molecule has 0 radical (unpaired) electrons. The molecular weight excluding hydrogens is 302 g/mol. The van der Waals surface area contributed by atoms with Crippen LogP contribution in [0, 0.1) is 17.6 Å². The lowest BCUT2D eigenvalue weighted by atomic mass is 9.84.